The van der Waals surface area contributed by atoms with Gasteiger partial charge in [-0.1, -0.05) is 60.7 Å². The van der Waals surface area contributed by atoms with E-state index in [1.54, 1.807) is 0 Å². The van der Waals surface area contributed by atoms with Crippen molar-refractivity contribution in [1.82, 2.24) is 14.5 Å². The van der Waals surface area contributed by atoms with Crippen LogP contribution in [0, 0.1) is 6.57 Å². The lowest BCUT2D eigenvalue weighted by molar-refractivity contribution is 0.436. The molecule has 9 aromatic rings. The third kappa shape index (κ3) is 3.92. The Morgan fingerprint density at radius 1 is 0.491 bits per heavy atom. The van der Waals surface area contributed by atoms with Crippen LogP contribution in [0.1, 0.15) is 22.3 Å². The zero-order valence-electron chi connectivity index (χ0n) is 29.1. The number of pyridine rings is 2. The number of benzene rings is 6. The van der Waals surface area contributed by atoms with Crippen molar-refractivity contribution in [2.75, 3.05) is 4.90 Å². The minimum Gasteiger partial charge on any atom is -0.457 e. The highest BCUT2D eigenvalue weighted by molar-refractivity contribution is 6.10. The molecule has 1 spiro atoms. The highest BCUT2D eigenvalue weighted by Crippen LogP contribution is 2.62. The zero-order valence-corrected chi connectivity index (χ0v) is 29.1. The number of hydrogen-bond acceptors (Lipinski definition) is 5. The Morgan fingerprint density at radius 2 is 1.07 bits per heavy atom. The van der Waals surface area contributed by atoms with Crippen molar-refractivity contribution in [2.45, 2.75) is 5.41 Å². The van der Waals surface area contributed by atoms with E-state index in [-0.39, 0.29) is 0 Å². The molecule has 7 heteroatoms. The van der Waals surface area contributed by atoms with E-state index in [2.05, 4.69) is 105 Å². The number of hydrogen-bond donors (Lipinski definition) is 0. The number of anilines is 3. The van der Waals surface area contributed by atoms with Gasteiger partial charge in [0.1, 0.15) is 11.5 Å². The van der Waals surface area contributed by atoms with Gasteiger partial charge in [0.15, 0.2) is 17.2 Å². The summed E-state index contributed by atoms with van der Waals surface area (Å²) in [6.07, 6.45) is 3.70. The Morgan fingerprint density at radius 3 is 1.76 bits per heavy atom. The van der Waals surface area contributed by atoms with Gasteiger partial charge in [-0.2, -0.15) is 0 Å². The lowest BCUT2D eigenvalue weighted by Gasteiger charge is -2.40. The van der Waals surface area contributed by atoms with Crippen molar-refractivity contribution in [3.63, 3.8) is 0 Å². The zero-order chi connectivity index (χ0) is 36.3. The van der Waals surface area contributed by atoms with E-state index in [0.717, 1.165) is 101 Å². The van der Waals surface area contributed by atoms with E-state index < -0.39 is 5.41 Å². The molecule has 0 saturated carbocycles. The van der Waals surface area contributed by atoms with Crippen LogP contribution >= 0.6 is 0 Å². The summed E-state index contributed by atoms with van der Waals surface area (Å²) < 4.78 is 15.6. The molecule has 6 aromatic carbocycles. The lowest BCUT2D eigenvalue weighted by atomic mass is 9.66. The van der Waals surface area contributed by atoms with Gasteiger partial charge in [-0.05, 0) is 108 Å². The second-order valence-corrected chi connectivity index (χ2v) is 14.1. The maximum Gasteiger partial charge on any atom is 0.188 e. The van der Waals surface area contributed by atoms with Gasteiger partial charge in [0, 0.05) is 40.3 Å². The van der Waals surface area contributed by atoms with Crippen LogP contribution in [-0.4, -0.2) is 14.5 Å². The first kappa shape index (κ1) is 29.8. The van der Waals surface area contributed by atoms with Gasteiger partial charge in [0.05, 0.1) is 45.8 Å². The van der Waals surface area contributed by atoms with Crippen molar-refractivity contribution in [1.29, 1.82) is 0 Å². The maximum atomic E-state index is 7.71. The van der Waals surface area contributed by atoms with Crippen molar-refractivity contribution < 1.29 is 9.47 Å². The molecule has 0 bridgehead atoms. The number of rotatable bonds is 2. The molecular formula is C48H27N5O2. The molecule has 1 aliphatic carbocycles. The SMILES string of the molecule is [C-]#[N+]c1ccc2c(c1)c1ccccc1n2-c1ccc2c(c1)C1(c3cc(N4c5ccccc5Oc5ccccc54)ccc3O2)c2cccnc2-c2ncccc21. The van der Waals surface area contributed by atoms with E-state index in [1.807, 2.05) is 73.1 Å². The van der Waals surface area contributed by atoms with Crippen LogP contribution in [-0.2, 0) is 5.41 Å². The van der Waals surface area contributed by atoms with Gasteiger partial charge in [-0.15, -0.1) is 0 Å². The number of aromatic nitrogens is 3. The van der Waals surface area contributed by atoms with Crippen LogP contribution in [0.15, 0.2) is 164 Å². The molecule has 0 saturated heterocycles. The second kappa shape index (κ2) is 10.9. The number of ether oxygens (including phenoxy) is 2. The molecule has 0 N–H and O–H groups in total. The monoisotopic (exact) mass is 705 g/mol. The molecule has 55 heavy (non-hydrogen) atoms. The predicted molar refractivity (Wildman–Crippen MR) is 215 cm³/mol. The standard InChI is InChI=1S/C48H27N5O2/c1-49-29-18-21-39-33(26-29)32-10-2-3-13-38(32)52(39)30-19-22-42-36(27-30)48(34-11-8-24-50-46(34)47-35(48)12-9-25-51-47)37-28-31(20-23-43(37)54-42)53-40-14-4-6-16-44(40)55-45-17-7-5-15-41(45)53/h2-28H. The van der Waals surface area contributed by atoms with E-state index in [0.29, 0.717) is 5.69 Å². The van der Waals surface area contributed by atoms with Crippen molar-refractivity contribution in [3.05, 3.63) is 198 Å². The molecule has 256 valence electrons. The largest absolute Gasteiger partial charge is 0.457 e. The third-order valence-corrected chi connectivity index (χ3v) is 11.3. The molecule has 0 radical (unpaired) electrons. The Bertz CT molecular complexity index is 3070. The fourth-order valence-corrected chi connectivity index (χ4v) is 9.15. The molecule has 3 aromatic heterocycles. The van der Waals surface area contributed by atoms with Crippen molar-refractivity contribution in [2.24, 2.45) is 0 Å². The molecule has 5 heterocycles. The highest BCUT2D eigenvalue weighted by Gasteiger charge is 2.53. The van der Waals surface area contributed by atoms with E-state index >= 15 is 0 Å². The fourth-order valence-electron chi connectivity index (χ4n) is 9.15. The lowest BCUT2D eigenvalue weighted by Crippen LogP contribution is -2.32. The van der Waals surface area contributed by atoms with Crippen LogP contribution in [0.25, 0.3) is 43.7 Å². The number of nitrogens with zero attached hydrogens (tertiary/aromatic N) is 5. The first-order chi connectivity index (χ1) is 27.2. The van der Waals surface area contributed by atoms with E-state index in [4.69, 9.17) is 26.0 Å². The average molecular weight is 706 g/mol. The van der Waals surface area contributed by atoms with Crippen LogP contribution in [0.2, 0.25) is 0 Å². The molecule has 0 fully saturated rings. The van der Waals surface area contributed by atoms with Gasteiger partial charge >= 0.3 is 0 Å². The summed E-state index contributed by atoms with van der Waals surface area (Å²) in [6, 6.07) is 52.1. The quantitative estimate of drug-likeness (QED) is 0.168. The summed E-state index contributed by atoms with van der Waals surface area (Å²) in [6.45, 7) is 7.71. The topological polar surface area (TPSA) is 56.8 Å². The van der Waals surface area contributed by atoms with Gasteiger partial charge in [0.2, 0.25) is 0 Å². The molecule has 0 atom stereocenters. The smallest absolute Gasteiger partial charge is 0.188 e. The molecule has 0 amide bonds. The minimum absolute atomic E-state index is 0.616. The molecule has 7 nitrogen and oxygen atoms in total. The Hall–Kier alpha value is -7.69. The normalized spacial score (nSPS) is 13.8. The summed E-state index contributed by atoms with van der Waals surface area (Å²) in [5, 5.41) is 2.14. The van der Waals surface area contributed by atoms with Crippen LogP contribution in [0.5, 0.6) is 23.0 Å². The average Bonchev–Trinajstić information content (AvgIpc) is 3.73. The Labute approximate surface area is 315 Å². The summed E-state index contributed by atoms with van der Waals surface area (Å²) in [5.74, 6) is 3.13. The first-order valence-electron chi connectivity index (χ1n) is 18.2. The first-order valence-corrected chi connectivity index (χ1v) is 18.2. The van der Waals surface area contributed by atoms with Gasteiger partial charge in [-0.25, -0.2) is 4.85 Å². The molecular weight excluding hydrogens is 679 g/mol. The summed E-state index contributed by atoms with van der Waals surface area (Å²) in [4.78, 5) is 16.0. The van der Waals surface area contributed by atoms with Crippen LogP contribution in [0.3, 0.4) is 0 Å². The van der Waals surface area contributed by atoms with Crippen molar-refractivity contribution in [3.8, 4) is 40.1 Å². The predicted octanol–water partition coefficient (Wildman–Crippen LogP) is 12.2. The summed E-state index contributed by atoms with van der Waals surface area (Å²) in [7, 11) is 0. The number of para-hydroxylation sites is 5. The molecule has 0 unspecified atom stereocenters. The fraction of sp³-hybridized carbons (Fsp3) is 0.0208. The second-order valence-electron chi connectivity index (χ2n) is 14.1. The van der Waals surface area contributed by atoms with Gasteiger partial charge in [-0.3, -0.25) is 9.97 Å². The van der Waals surface area contributed by atoms with Gasteiger partial charge in [0.25, 0.3) is 0 Å². The third-order valence-electron chi connectivity index (χ3n) is 11.3. The number of fused-ring (bicyclic) bond motifs is 14. The highest BCUT2D eigenvalue weighted by atomic mass is 16.5. The van der Waals surface area contributed by atoms with Crippen molar-refractivity contribution >= 4 is 44.6 Å². The van der Waals surface area contributed by atoms with E-state index in [1.165, 1.54) is 0 Å². The van der Waals surface area contributed by atoms with Crippen LogP contribution < -0.4 is 14.4 Å². The van der Waals surface area contributed by atoms with Crippen LogP contribution in [0.4, 0.5) is 22.7 Å². The summed E-state index contributed by atoms with van der Waals surface area (Å²) >= 11 is 0. The summed E-state index contributed by atoms with van der Waals surface area (Å²) in [5.41, 5.74) is 11.6. The molecule has 3 aliphatic rings. The van der Waals surface area contributed by atoms with Gasteiger partial charge < -0.3 is 18.9 Å². The Kier molecular flexibility index (Phi) is 5.92. The molecule has 12 rings (SSSR count). The molecule has 2 aliphatic heterocycles. The Balaban J connectivity index is 1.16. The van der Waals surface area contributed by atoms with E-state index in [9.17, 15) is 0 Å². The maximum absolute atomic E-state index is 7.71. The minimum atomic E-state index is -0.816.